The molecule has 0 aliphatic heterocycles. The van der Waals surface area contributed by atoms with Crippen LogP contribution in [0, 0.1) is 0 Å². The Morgan fingerprint density at radius 1 is 0.330 bits per heavy atom. The van der Waals surface area contributed by atoms with E-state index < -0.39 is 26.5 Å². The van der Waals surface area contributed by atoms with Crippen molar-refractivity contribution in [3.8, 4) is 0 Å². The molecular formula is C84H142NO8P. The Kier molecular flexibility index (Phi) is 69.5. The quantitative estimate of drug-likeness (QED) is 0.0195. The number of carbonyl (C=O) groups excluding carboxylic acids is 2. The Morgan fingerprint density at radius 2 is 0.574 bits per heavy atom. The largest absolute Gasteiger partial charge is 0.756 e. The molecule has 0 aromatic rings. The van der Waals surface area contributed by atoms with E-state index in [-0.39, 0.29) is 32.0 Å². The topological polar surface area (TPSA) is 111 Å². The van der Waals surface area contributed by atoms with Crippen molar-refractivity contribution >= 4 is 19.8 Å². The van der Waals surface area contributed by atoms with E-state index >= 15 is 0 Å². The van der Waals surface area contributed by atoms with Crippen molar-refractivity contribution < 1.29 is 42.1 Å². The maximum absolute atomic E-state index is 12.9. The van der Waals surface area contributed by atoms with E-state index in [1.807, 2.05) is 21.1 Å². The number of carbonyl (C=O) groups is 2. The van der Waals surface area contributed by atoms with Crippen molar-refractivity contribution in [3.05, 3.63) is 158 Å². The first-order valence-corrected chi connectivity index (χ1v) is 39.7. The van der Waals surface area contributed by atoms with E-state index in [1.54, 1.807) is 0 Å². The summed E-state index contributed by atoms with van der Waals surface area (Å²) >= 11 is 0. The van der Waals surface area contributed by atoms with E-state index in [9.17, 15) is 19.0 Å². The lowest BCUT2D eigenvalue weighted by atomic mass is 10.0. The highest BCUT2D eigenvalue weighted by molar-refractivity contribution is 7.45. The third-order valence-corrected chi connectivity index (χ3v) is 17.0. The minimum Gasteiger partial charge on any atom is -0.756 e. The van der Waals surface area contributed by atoms with Crippen LogP contribution in [0.5, 0.6) is 0 Å². The fourth-order valence-electron chi connectivity index (χ4n) is 10.3. The van der Waals surface area contributed by atoms with Gasteiger partial charge in [-0.25, -0.2) is 0 Å². The van der Waals surface area contributed by atoms with Crippen LogP contribution >= 0.6 is 7.82 Å². The van der Waals surface area contributed by atoms with Gasteiger partial charge >= 0.3 is 11.9 Å². The summed E-state index contributed by atoms with van der Waals surface area (Å²) < 4.78 is 34.4. The van der Waals surface area contributed by atoms with Crippen molar-refractivity contribution in [3.63, 3.8) is 0 Å². The molecule has 0 aromatic carbocycles. The highest BCUT2D eigenvalue weighted by Crippen LogP contribution is 2.38. The second-order valence-corrected chi connectivity index (χ2v) is 27.7. The van der Waals surface area contributed by atoms with Gasteiger partial charge in [0, 0.05) is 12.8 Å². The van der Waals surface area contributed by atoms with E-state index in [4.69, 9.17) is 18.5 Å². The molecule has 94 heavy (non-hydrogen) atoms. The molecule has 0 N–H and O–H groups in total. The summed E-state index contributed by atoms with van der Waals surface area (Å²) in [5, 5.41) is 0. The van der Waals surface area contributed by atoms with E-state index in [1.165, 1.54) is 154 Å². The Hall–Kier alpha value is -4.37. The Bertz CT molecular complexity index is 2150. The van der Waals surface area contributed by atoms with Gasteiger partial charge in [-0.3, -0.25) is 14.2 Å². The number of rotatable bonds is 69. The zero-order valence-electron chi connectivity index (χ0n) is 61.1. The van der Waals surface area contributed by atoms with Gasteiger partial charge in [0.2, 0.25) is 0 Å². The molecule has 2 atom stereocenters. The van der Waals surface area contributed by atoms with Gasteiger partial charge in [0.15, 0.2) is 6.10 Å². The van der Waals surface area contributed by atoms with Crippen LogP contribution in [0.15, 0.2) is 158 Å². The molecule has 0 fully saturated rings. The SMILES string of the molecule is CC/C=C\C/C=C\C/C=C\C/C=C\C/C=C\C/C=C\C/C=C\C/C=C\CCCCCCCCCCCCCCCCCCC(=O)OC(COC(=O)CCCCCCCCCCCCCCC/C=C\C/C=C\C/C=C\C/C=C\C/C=C\CC)COP(=O)([O-])OCC[N+](C)(C)C. The second-order valence-electron chi connectivity index (χ2n) is 26.3. The van der Waals surface area contributed by atoms with Crippen LogP contribution < -0.4 is 4.89 Å². The average Bonchev–Trinajstić information content (AvgIpc) is 1.57. The molecule has 0 heterocycles. The van der Waals surface area contributed by atoms with Crippen molar-refractivity contribution in [2.75, 3.05) is 47.5 Å². The maximum Gasteiger partial charge on any atom is 0.306 e. The summed E-state index contributed by atoms with van der Waals surface area (Å²) in [4.78, 5) is 38.2. The van der Waals surface area contributed by atoms with Crippen LogP contribution in [0.4, 0.5) is 0 Å². The highest BCUT2D eigenvalue weighted by atomic mass is 31.2. The van der Waals surface area contributed by atoms with Gasteiger partial charge in [-0.05, 0) is 122 Å². The van der Waals surface area contributed by atoms with Crippen LogP contribution in [0.3, 0.4) is 0 Å². The number of phosphoric ester groups is 1. The molecule has 536 valence electrons. The first-order chi connectivity index (χ1) is 46.0. The Labute approximate surface area is 579 Å². The second kappa shape index (κ2) is 72.9. The van der Waals surface area contributed by atoms with Crippen molar-refractivity contribution in [2.45, 2.75) is 315 Å². The van der Waals surface area contributed by atoms with Crippen LogP contribution in [0.25, 0.3) is 0 Å². The summed E-state index contributed by atoms with van der Waals surface area (Å²) in [5.74, 6) is -0.833. The predicted molar refractivity (Wildman–Crippen MR) is 406 cm³/mol. The minimum atomic E-state index is -4.65. The van der Waals surface area contributed by atoms with Gasteiger partial charge in [0.05, 0.1) is 27.7 Å². The molecule has 2 unspecified atom stereocenters. The lowest BCUT2D eigenvalue weighted by Crippen LogP contribution is -2.37. The van der Waals surface area contributed by atoms with Crippen molar-refractivity contribution in [2.24, 2.45) is 0 Å². The maximum atomic E-state index is 12.9. The van der Waals surface area contributed by atoms with Gasteiger partial charge in [-0.2, -0.15) is 0 Å². The van der Waals surface area contributed by atoms with E-state index in [0.717, 1.165) is 122 Å². The first-order valence-electron chi connectivity index (χ1n) is 38.2. The van der Waals surface area contributed by atoms with E-state index in [0.29, 0.717) is 17.4 Å². The molecule has 0 aromatic heterocycles. The molecule has 0 bridgehead atoms. The fraction of sp³-hybridized carbons (Fsp3) is 0.667. The zero-order chi connectivity index (χ0) is 68.3. The average molecular weight is 1330 g/mol. The lowest BCUT2D eigenvalue weighted by molar-refractivity contribution is -0.870. The highest BCUT2D eigenvalue weighted by Gasteiger charge is 2.22. The third kappa shape index (κ3) is 76.6. The fourth-order valence-corrected chi connectivity index (χ4v) is 11.0. The summed E-state index contributed by atoms with van der Waals surface area (Å²) in [7, 11) is 1.16. The molecule has 9 nitrogen and oxygen atoms in total. The summed E-state index contributed by atoms with van der Waals surface area (Å²) in [5.41, 5.74) is 0. The number of phosphoric acid groups is 1. The Balaban J connectivity index is 4.01. The van der Waals surface area contributed by atoms with Crippen LogP contribution in [0.1, 0.15) is 309 Å². The zero-order valence-corrected chi connectivity index (χ0v) is 62.0. The minimum absolute atomic E-state index is 0.0361. The van der Waals surface area contributed by atoms with Gasteiger partial charge < -0.3 is 27.9 Å². The van der Waals surface area contributed by atoms with E-state index in [2.05, 4.69) is 172 Å². The molecule has 0 aliphatic rings. The molecular weight excluding hydrogens is 1180 g/mol. The van der Waals surface area contributed by atoms with Crippen LogP contribution in [-0.2, 0) is 32.7 Å². The number of likely N-dealkylation sites (N-methyl/N-ethyl adjacent to an activating group) is 1. The summed E-state index contributed by atoms with van der Waals surface area (Å²) in [6.45, 7) is 4.03. The number of unbranched alkanes of at least 4 members (excludes halogenated alkanes) is 29. The van der Waals surface area contributed by atoms with Crippen molar-refractivity contribution in [1.29, 1.82) is 0 Å². The number of esters is 2. The van der Waals surface area contributed by atoms with Gasteiger partial charge in [-0.1, -0.05) is 332 Å². The lowest BCUT2D eigenvalue weighted by Gasteiger charge is -2.28. The monoisotopic (exact) mass is 1320 g/mol. The number of hydrogen-bond acceptors (Lipinski definition) is 8. The number of allylic oxidation sites excluding steroid dienone is 26. The molecule has 0 saturated heterocycles. The molecule has 0 rings (SSSR count). The summed E-state index contributed by atoms with van der Waals surface area (Å²) in [6.07, 6.45) is 109. The van der Waals surface area contributed by atoms with Crippen LogP contribution in [-0.4, -0.2) is 70.0 Å². The third-order valence-electron chi connectivity index (χ3n) is 16.0. The molecule has 0 spiro atoms. The Morgan fingerprint density at radius 3 is 0.851 bits per heavy atom. The smallest absolute Gasteiger partial charge is 0.306 e. The number of ether oxygens (including phenoxy) is 2. The molecule has 0 amide bonds. The molecule has 10 heteroatoms. The standard InChI is InChI=1S/C84H142NO8P/c1-6-8-10-12-14-16-18-20-22-24-26-28-30-32-34-36-37-38-39-40-41-42-43-44-45-46-47-49-51-53-55-57-59-61-63-65-67-69-71-73-75-77-84(87)93-82(81-92-94(88,89)91-79-78-85(3,4)5)80-90-83(86)76-74-72-70-68-66-64-62-60-58-56-54-52-50-48-35-33-31-29-27-25-23-21-19-17-15-13-11-9-7-2/h8-11,14-17,20-23,26-29,32-35,37-38,40-41,43-44,82H,6-7,12-13,18-19,24-25,30-31,36,39,42,45-81H2,1-5H3/b10-8-,11-9-,16-14-,17-15-,22-20-,23-21-,28-26-,29-27-,34-32-,35-33-,38-37-,41-40-,44-43-. The predicted octanol–water partition coefficient (Wildman–Crippen LogP) is 24.9. The first kappa shape index (κ1) is 89.6. The normalized spacial score (nSPS) is 14.0. The van der Waals surface area contributed by atoms with Crippen LogP contribution in [0.2, 0.25) is 0 Å². The number of nitrogens with zero attached hydrogens (tertiary/aromatic N) is 1. The van der Waals surface area contributed by atoms with Gasteiger partial charge in [0.25, 0.3) is 7.82 Å². The van der Waals surface area contributed by atoms with Crippen molar-refractivity contribution in [1.82, 2.24) is 0 Å². The molecule has 0 radical (unpaired) electrons. The number of quaternary nitrogens is 1. The molecule has 0 aliphatic carbocycles. The summed E-state index contributed by atoms with van der Waals surface area (Å²) in [6, 6.07) is 0. The van der Waals surface area contributed by atoms with Gasteiger partial charge in [0.1, 0.15) is 19.8 Å². The molecule has 0 saturated carbocycles. The number of hydrogen-bond donors (Lipinski definition) is 0. The van der Waals surface area contributed by atoms with Gasteiger partial charge in [-0.15, -0.1) is 0 Å².